The molecule has 0 aromatic heterocycles. The van der Waals surface area contributed by atoms with E-state index in [1.165, 1.54) is 6.92 Å². The number of nitrogens with one attached hydrogen (secondary N) is 2. The molecule has 1 rings (SSSR count). The number of ketones is 1. The molecule has 6 nitrogen and oxygen atoms in total. The van der Waals surface area contributed by atoms with Gasteiger partial charge in [-0.3, -0.25) is 9.59 Å². The lowest BCUT2D eigenvalue weighted by molar-refractivity contribution is -0.121. The fraction of sp³-hybridized carbons (Fsp3) is 0.333. The predicted octanol–water partition coefficient (Wildman–Crippen LogP) is 1.52. The van der Waals surface area contributed by atoms with Crippen molar-refractivity contribution in [2.45, 2.75) is 32.7 Å². The quantitative estimate of drug-likeness (QED) is 0.794. The molecule has 0 saturated carbocycles. The van der Waals surface area contributed by atoms with E-state index in [2.05, 4.69) is 10.6 Å². The van der Waals surface area contributed by atoms with E-state index in [4.69, 9.17) is 5.26 Å². The topological polar surface area (TPSA) is 99.1 Å². The molecule has 1 aromatic carbocycles. The first-order valence-corrected chi connectivity index (χ1v) is 6.53. The van der Waals surface area contributed by atoms with Gasteiger partial charge in [-0.15, -0.1) is 0 Å². The van der Waals surface area contributed by atoms with Crippen molar-refractivity contribution < 1.29 is 14.4 Å². The minimum absolute atomic E-state index is 0.0286. The highest BCUT2D eigenvalue weighted by molar-refractivity contribution is 5.93. The highest BCUT2D eigenvalue weighted by Crippen LogP contribution is 2.11. The monoisotopic (exact) mass is 287 g/mol. The number of nitrogens with zero attached hydrogens (tertiary/aromatic N) is 1. The van der Waals surface area contributed by atoms with Gasteiger partial charge >= 0.3 is 0 Å². The molecule has 0 aliphatic rings. The summed E-state index contributed by atoms with van der Waals surface area (Å²) in [6, 6.07) is 8.79. The van der Waals surface area contributed by atoms with Gasteiger partial charge in [0.25, 0.3) is 0 Å². The molecular formula is C15H17N3O3. The Balaban J connectivity index is 2.52. The van der Waals surface area contributed by atoms with Gasteiger partial charge in [0.15, 0.2) is 0 Å². The first-order chi connectivity index (χ1) is 10.0. The number of benzene rings is 1. The Morgan fingerprint density at radius 1 is 1.19 bits per heavy atom. The van der Waals surface area contributed by atoms with E-state index in [1.54, 1.807) is 30.3 Å². The van der Waals surface area contributed by atoms with Crippen LogP contribution >= 0.6 is 0 Å². The van der Waals surface area contributed by atoms with Crippen LogP contribution in [0.3, 0.4) is 0 Å². The first kappa shape index (κ1) is 16.4. The van der Waals surface area contributed by atoms with E-state index >= 15 is 0 Å². The average molecular weight is 287 g/mol. The van der Waals surface area contributed by atoms with Crippen molar-refractivity contribution in [2.24, 2.45) is 0 Å². The van der Waals surface area contributed by atoms with Crippen LogP contribution in [0.2, 0.25) is 0 Å². The molecule has 6 heteroatoms. The first-order valence-electron chi connectivity index (χ1n) is 6.53. The zero-order chi connectivity index (χ0) is 15.7. The maximum absolute atomic E-state index is 11.6. The van der Waals surface area contributed by atoms with E-state index in [0.717, 1.165) is 5.56 Å². The molecule has 0 unspecified atom stereocenters. The minimum atomic E-state index is -0.339. The van der Waals surface area contributed by atoms with Gasteiger partial charge in [-0.05, 0) is 24.6 Å². The molecule has 2 amide bonds. The number of Topliss-reactive ketones (excluding diaryl/α,β-unsaturated/α-hetero) is 1. The molecule has 21 heavy (non-hydrogen) atoms. The summed E-state index contributed by atoms with van der Waals surface area (Å²) < 4.78 is 0. The number of anilines is 1. The van der Waals surface area contributed by atoms with Crippen molar-refractivity contribution in [3.8, 4) is 6.07 Å². The van der Waals surface area contributed by atoms with Crippen molar-refractivity contribution in [2.75, 3.05) is 5.32 Å². The Kier molecular flexibility index (Phi) is 6.61. The smallest absolute Gasteiger partial charge is 0.234 e. The van der Waals surface area contributed by atoms with Crippen molar-refractivity contribution in [3.05, 3.63) is 29.8 Å². The summed E-state index contributed by atoms with van der Waals surface area (Å²) >= 11 is 0. The highest BCUT2D eigenvalue weighted by atomic mass is 16.2. The molecule has 0 aliphatic carbocycles. The van der Waals surface area contributed by atoms with Crippen LogP contribution in [0.1, 0.15) is 31.7 Å². The Hall–Kier alpha value is -2.68. The second kappa shape index (κ2) is 8.48. The Labute approximate surface area is 123 Å². The normalized spacial score (nSPS) is 9.52. The molecule has 0 radical (unpaired) electrons. The molecule has 0 aliphatic heterocycles. The van der Waals surface area contributed by atoms with Gasteiger partial charge < -0.3 is 15.4 Å². The number of hydrogen-bond donors (Lipinski definition) is 2. The van der Waals surface area contributed by atoms with E-state index < -0.39 is 0 Å². The third-order valence-electron chi connectivity index (χ3n) is 2.64. The number of rotatable bonds is 7. The van der Waals surface area contributed by atoms with Crippen LogP contribution in [0.4, 0.5) is 5.69 Å². The molecule has 1 aromatic rings. The summed E-state index contributed by atoms with van der Waals surface area (Å²) in [6.45, 7) is 1.73. The Morgan fingerprint density at radius 2 is 1.95 bits per heavy atom. The number of amides is 2. The molecule has 2 N–H and O–H groups in total. The lowest BCUT2D eigenvalue weighted by Crippen LogP contribution is -2.22. The largest absolute Gasteiger partial charge is 0.351 e. The third kappa shape index (κ3) is 6.87. The van der Waals surface area contributed by atoms with E-state index in [-0.39, 0.29) is 43.4 Å². The average Bonchev–Trinajstić information content (AvgIpc) is 2.44. The summed E-state index contributed by atoms with van der Waals surface area (Å²) in [6.07, 6.45) is 0.190. The zero-order valence-electron chi connectivity index (χ0n) is 11.8. The Bertz CT molecular complexity index is 576. The number of carbonyl (C=O) groups is 3. The van der Waals surface area contributed by atoms with Gasteiger partial charge in [-0.2, -0.15) is 5.26 Å². The molecule has 0 atom stereocenters. The van der Waals surface area contributed by atoms with Crippen LogP contribution in [0, 0.1) is 11.3 Å². The summed E-state index contributed by atoms with van der Waals surface area (Å²) in [5, 5.41) is 13.7. The summed E-state index contributed by atoms with van der Waals surface area (Å²) in [7, 11) is 0. The van der Waals surface area contributed by atoms with Gasteiger partial charge in [0.1, 0.15) is 12.2 Å². The number of nitriles is 1. The molecular weight excluding hydrogens is 270 g/mol. The summed E-state index contributed by atoms with van der Waals surface area (Å²) in [5.41, 5.74) is 1.42. The predicted molar refractivity (Wildman–Crippen MR) is 77.1 cm³/mol. The van der Waals surface area contributed by atoms with Gasteiger partial charge in [0.2, 0.25) is 11.8 Å². The second-order valence-corrected chi connectivity index (χ2v) is 4.56. The van der Waals surface area contributed by atoms with Crippen molar-refractivity contribution in [3.63, 3.8) is 0 Å². The van der Waals surface area contributed by atoms with E-state index in [9.17, 15) is 14.4 Å². The van der Waals surface area contributed by atoms with Crippen molar-refractivity contribution in [1.29, 1.82) is 5.26 Å². The summed E-state index contributed by atoms with van der Waals surface area (Å²) in [5.74, 6) is -0.594. The maximum Gasteiger partial charge on any atom is 0.234 e. The molecule has 0 heterocycles. The van der Waals surface area contributed by atoms with Crippen LogP contribution in [0.5, 0.6) is 0 Å². The SMILES string of the molecule is CC(=O)CCC(=O)Nc1cccc(CNC(=O)CC#N)c1. The van der Waals surface area contributed by atoms with Crippen LogP contribution in [-0.2, 0) is 20.9 Å². The van der Waals surface area contributed by atoms with Gasteiger partial charge in [0, 0.05) is 25.1 Å². The lowest BCUT2D eigenvalue weighted by atomic mass is 10.2. The molecule has 0 saturated heterocycles. The van der Waals surface area contributed by atoms with Crippen LogP contribution in [0.15, 0.2) is 24.3 Å². The van der Waals surface area contributed by atoms with Gasteiger partial charge in [0.05, 0.1) is 6.07 Å². The van der Waals surface area contributed by atoms with Crippen LogP contribution in [-0.4, -0.2) is 17.6 Å². The standard InChI is InChI=1S/C15H17N3O3/c1-11(19)5-6-15(21)18-13-4-2-3-12(9-13)10-17-14(20)7-8-16/h2-4,9H,5-7,10H2,1H3,(H,17,20)(H,18,21). The van der Waals surface area contributed by atoms with Crippen molar-refractivity contribution >= 4 is 23.3 Å². The Morgan fingerprint density at radius 3 is 2.62 bits per heavy atom. The van der Waals surface area contributed by atoms with Crippen molar-refractivity contribution in [1.82, 2.24) is 5.32 Å². The number of hydrogen-bond acceptors (Lipinski definition) is 4. The summed E-state index contributed by atoms with van der Waals surface area (Å²) in [4.78, 5) is 33.6. The second-order valence-electron chi connectivity index (χ2n) is 4.56. The van der Waals surface area contributed by atoms with Gasteiger partial charge in [-0.25, -0.2) is 0 Å². The van der Waals surface area contributed by atoms with E-state index in [1.807, 2.05) is 0 Å². The fourth-order valence-electron chi connectivity index (χ4n) is 1.61. The molecule has 0 fully saturated rings. The molecule has 0 spiro atoms. The molecule has 0 bridgehead atoms. The highest BCUT2D eigenvalue weighted by Gasteiger charge is 2.05. The van der Waals surface area contributed by atoms with Gasteiger partial charge in [-0.1, -0.05) is 12.1 Å². The van der Waals surface area contributed by atoms with Crippen LogP contribution < -0.4 is 10.6 Å². The third-order valence-corrected chi connectivity index (χ3v) is 2.64. The lowest BCUT2D eigenvalue weighted by Gasteiger charge is -2.08. The minimum Gasteiger partial charge on any atom is -0.351 e. The zero-order valence-corrected chi connectivity index (χ0v) is 11.8. The molecule has 110 valence electrons. The number of carbonyl (C=O) groups excluding carboxylic acids is 3. The van der Waals surface area contributed by atoms with E-state index in [0.29, 0.717) is 5.69 Å². The van der Waals surface area contributed by atoms with Crippen LogP contribution in [0.25, 0.3) is 0 Å². The fourth-order valence-corrected chi connectivity index (χ4v) is 1.61. The maximum atomic E-state index is 11.6.